The van der Waals surface area contributed by atoms with E-state index in [-0.39, 0.29) is 12.1 Å². The Labute approximate surface area is 429 Å². The zero-order chi connectivity index (χ0) is 51.2. The number of fused-ring (bicyclic) bond motifs is 6. The Hall–Kier alpha value is -6.48. The van der Waals surface area contributed by atoms with E-state index in [1.54, 1.807) is 59.0 Å². The Morgan fingerprint density at radius 3 is 1.57 bits per heavy atom. The maximum absolute atomic E-state index is 9.51. The van der Waals surface area contributed by atoms with Crippen molar-refractivity contribution >= 4 is 70.5 Å². The normalized spacial score (nSPS) is 20.2. The van der Waals surface area contributed by atoms with Gasteiger partial charge in [0.25, 0.3) is 0 Å². The Bertz CT molecular complexity index is 3360. The highest BCUT2D eigenvalue weighted by molar-refractivity contribution is 9.10. The highest BCUT2D eigenvalue weighted by Gasteiger charge is 2.44. The molecule has 6 saturated heterocycles. The van der Waals surface area contributed by atoms with Crippen molar-refractivity contribution in [2.75, 3.05) is 50.2 Å². The molecule has 14 rings (SSSR count). The minimum Gasteiger partial charge on any atom is -0.481 e. The predicted molar refractivity (Wildman–Crippen MR) is 273 cm³/mol. The topological polar surface area (TPSA) is 174 Å². The van der Waals surface area contributed by atoms with Crippen LogP contribution >= 0.6 is 47.8 Å². The second-order valence-electron chi connectivity index (χ2n) is 16.8. The Morgan fingerprint density at radius 2 is 1.14 bits per heavy atom. The van der Waals surface area contributed by atoms with E-state index in [1.807, 2.05) is 54.0 Å². The summed E-state index contributed by atoms with van der Waals surface area (Å²) >= 11 is 9.93. The van der Waals surface area contributed by atoms with Crippen molar-refractivity contribution in [2.24, 2.45) is 0 Å². The first-order chi connectivity index (χ1) is 35.1. The molecule has 0 aliphatic carbocycles. The van der Waals surface area contributed by atoms with E-state index in [4.69, 9.17) is 19.9 Å². The fourth-order valence-electron chi connectivity index (χ4n) is 9.20. The molecular formula is C50H45Br3N14O2. The third-order valence-electron chi connectivity index (χ3n) is 12.5. The van der Waals surface area contributed by atoms with Crippen molar-refractivity contribution in [3.05, 3.63) is 141 Å². The van der Waals surface area contributed by atoms with Crippen LogP contribution in [0.1, 0.15) is 40.6 Å². The largest absolute Gasteiger partial charge is 0.481 e. The van der Waals surface area contributed by atoms with E-state index >= 15 is 0 Å². The van der Waals surface area contributed by atoms with Crippen LogP contribution in [0.3, 0.4) is 0 Å². The van der Waals surface area contributed by atoms with Gasteiger partial charge in [-0.05, 0) is 92.2 Å². The lowest BCUT2D eigenvalue weighted by Crippen LogP contribution is -2.68. The molecule has 69 heavy (non-hydrogen) atoms. The van der Waals surface area contributed by atoms with E-state index < -0.39 is 11.8 Å². The van der Waals surface area contributed by atoms with Crippen molar-refractivity contribution in [2.45, 2.75) is 48.8 Å². The molecule has 0 saturated carbocycles. The van der Waals surface area contributed by atoms with Crippen LogP contribution in [-0.4, -0.2) is 109 Å². The number of ether oxygens (including phenoxy) is 2. The molecule has 4 bridgehead atoms. The summed E-state index contributed by atoms with van der Waals surface area (Å²) in [4.78, 5) is 24.0. The number of nitrogens with one attached hydrogen (secondary N) is 1. The van der Waals surface area contributed by atoms with E-state index in [0.717, 1.165) is 73.4 Å². The van der Waals surface area contributed by atoms with Gasteiger partial charge in [-0.2, -0.15) is 20.7 Å². The molecule has 4 atom stereocenters. The number of pyridine rings is 6. The maximum Gasteiger partial charge on any atom is 0.212 e. The summed E-state index contributed by atoms with van der Waals surface area (Å²) in [5.41, 5.74) is 7.35. The van der Waals surface area contributed by atoms with Gasteiger partial charge < -0.3 is 24.6 Å². The molecule has 0 radical (unpaired) electrons. The van der Waals surface area contributed by atoms with Gasteiger partial charge in [0.2, 0.25) is 11.8 Å². The SMILES string of the molecule is N#Cc1cnn2cc(Br)cc(-c3ccc(N4CC5CC(C4)N5)nc3)c12.[2H]C([2H])(Br)c1ccc(OC)nc1.[2H]C([2H])(c1ccc(OC)nc1)N1C2CC1CN(c1ccc(-c3cc(Br)cn4ncc(C#N)c34)cn1)C2. The van der Waals surface area contributed by atoms with Gasteiger partial charge in [-0.1, -0.05) is 28.1 Å². The Morgan fingerprint density at radius 1 is 0.652 bits per heavy atom. The average molecular weight is 1120 g/mol. The molecule has 6 fully saturated rings. The molecule has 1 N–H and O–H groups in total. The fourth-order valence-corrected chi connectivity index (χ4v) is 10.3. The first-order valence-electron chi connectivity index (χ1n) is 23.9. The summed E-state index contributed by atoms with van der Waals surface area (Å²) in [7, 11) is 3.07. The molecule has 8 aromatic rings. The van der Waals surface area contributed by atoms with Crippen LogP contribution in [-0.2, 0) is 11.8 Å². The van der Waals surface area contributed by atoms with Crippen molar-refractivity contribution in [1.29, 1.82) is 10.5 Å². The molecule has 16 nitrogen and oxygen atoms in total. The Balaban J connectivity index is 0.000000142. The quantitative estimate of drug-likeness (QED) is 0.136. The van der Waals surface area contributed by atoms with Crippen LogP contribution in [0.5, 0.6) is 11.8 Å². The second kappa shape index (κ2) is 20.2. The van der Waals surface area contributed by atoms with Crippen LogP contribution in [0.4, 0.5) is 11.6 Å². The monoisotopic (exact) mass is 1110 g/mol. The number of aromatic nitrogens is 8. The molecule has 14 heterocycles. The fraction of sp³-hybridized carbons (Fsp3) is 0.280. The molecule has 0 spiro atoms. The van der Waals surface area contributed by atoms with Crippen LogP contribution in [0.2, 0.25) is 0 Å². The number of methoxy groups -OCH3 is 2. The lowest BCUT2D eigenvalue weighted by Gasteiger charge is -2.56. The van der Waals surface area contributed by atoms with Crippen molar-refractivity contribution in [1.82, 2.24) is 49.4 Å². The van der Waals surface area contributed by atoms with Gasteiger partial charge in [0.1, 0.15) is 23.8 Å². The van der Waals surface area contributed by atoms with E-state index in [0.29, 0.717) is 59.2 Å². The average Bonchev–Trinajstić information content (AvgIpc) is 4.02. The van der Waals surface area contributed by atoms with E-state index in [1.165, 1.54) is 19.7 Å². The van der Waals surface area contributed by atoms with Gasteiger partial charge in [-0.3, -0.25) is 4.90 Å². The molecule has 6 aliphatic rings. The molecule has 348 valence electrons. The minimum atomic E-state index is -1.61. The molecule has 19 heteroatoms. The molecule has 0 amide bonds. The first-order valence-corrected chi connectivity index (χ1v) is 24.3. The number of nitriles is 2. The lowest BCUT2D eigenvalue weighted by molar-refractivity contribution is -0.00876. The lowest BCUT2D eigenvalue weighted by atomic mass is 9.87. The summed E-state index contributed by atoms with van der Waals surface area (Å²) in [5, 5.41) is 29.4. The number of rotatable bonds is 9. The maximum atomic E-state index is 9.51. The second-order valence-corrected chi connectivity index (χ2v) is 19.1. The summed E-state index contributed by atoms with van der Waals surface area (Å²) in [6, 6.07) is 24.6. The van der Waals surface area contributed by atoms with Gasteiger partial charge in [0, 0.05) is 148 Å². The Kier molecular flexibility index (Phi) is 12.2. The number of anilines is 2. The van der Waals surface area contributed by atoms with Crippen molar-refractivity contribution in [3.63, 3.8) is 0 Å². The molecule has 0 aromatic carbocycles. The third-order valence-corrected chi connectivity index (χ3v) is 13.9. The number of piperazine rings is 2. The molecule has 8 aromatic heterocycles. The highest BCUT2D eigenvalue weighted by Crippen LogP contribution is 2.37. The summed E-state index contributed by atoms with van der Waals surface area (Å²) in [5.74, 6) is 2.83. The molecule has 4 unspecified atom stereocenters. The van der Waals surface area contributed by atoms with Crippen molar-refractivity contribution in [3.8, 4) is 46.2 Å². The number of halogens is 3. The first kappa shape index (κ1) is 41.5. The van der Waals surface area contributed by atoms with Gasteiger partial charge in [-0.15, -0.1) is 0 Å². The third kappa shape index (κ3) is 9.75. The standard InChI is InChI=1S/C25H22BrN7O.C18H15BrN6.C7H8BrNO/c1-34-24-5-2-16(9-29-24)12-32-20-7-21(32)15-31(14-20)23-4-3-17(10-28-23)22-6-19(26)13-33-25(22)18(8-27)11-30-33;19-13-3-16(18-12(5-20)7-22-25(18)8-13)11-1-2-17(21-6-11)24-9-14-4-15(10-24)23-14;1-10-7-3-2-6(4-8)5-9-7/h2-6,9-11,13,20-21H,7,12,14-15H2,1H3;1-3,6-8,14-15,23H,4,9-10H2;2-3,5H,4H2,1H3/i12D2;;4D2. The van der Waals surface area contributed by atoms with Crippen LogP contribution in [0, 0.1) is 22.7 Å². The van der Waals surface area contributed by atoms with Crippen LogP contribution < -0.4 is 24.6 Å². The summed E-state index contributed by atoms with van der Waals surface area (Å²) < 4.78 is 47.3. The number of hydrogen-bond donors (Lipinski definition) is 1. The predicted octanol–water partition coefficient (Wildman–Crippen LogP) is 8.46. The zero-order valence-electron chi connectivity index (χ0n) is 41.2. The number of alkyl halides is 1. The molecule has 6 aliphatic heterocycles. The summed E-state index contributed by atoms with van der Waals surface area (Å²) in [6.45, 7) is 1.84. The minimum absolute atomic E-state index is 0.0945. The van der Waals surface area contributed by atoms with Crippen LogP contribution in [0.15, 0.2) is 119 Å². The van der Waals surface area contributed by atoms with Gasteiger partial charge in [0.05, 0.1) is 48.8 Å². The van der Waals surface area contributed by atoms with Gasteiger partial charge in [0.15, 0.2) is 0 Å². The number of piperidine rings is 2. The number of nitrogens with zero attached hydrogens (tertiary/aromatic N) is 13. The van der Waals surface area contributed by atoms with Crippen LogP contribution in [0.25, 0.3) is 33.3 Å². The smallest absolute Gasteiger partial charge is 0.212 e. The molecular weight excluding hydrogens is 1070 g/mol. The zero-order valence-corrected chi connectivity index (χ0v) is 42.0. The summed E-state index contributed by atoms with van der Waals surface area (Å²) in [6.07, 6.45) is 15.8. The van der Waals surface area contributed by atoms with Gasteiger partial charge in [-0.25, -0.2) is 29.0 Å². The van der Waals surface area contributed by atoms with Crippen molar-refractivity contribution < 1.29 is 15.0 Å². The van der Waals surface area contributed by atoms with Gasteiger partial charge >= 0.3 is 0 Å². The highest BCUT2D eigenvalue weighted by atomic mass is 79.9. The van der Waals surface area contributed by atoms with E-state index in [9.17, 15) is 10.5 Å². The number of hydrogen-bond acceptors (Lipinski definition) is 14. The van der Waals surface area contributed by atoms with E-state index in [2.05, 4.69) is 112 Å².